The largest absolute Gasteiger partial charge is 0.595 e. The summed E-state index contributed by atoms with van der Waals surface area (Å²) in [4.78, 5) is 0. The summed E-state index contributed by atoms with van der Waals surface area (Å²) in [6.07, 6.45) is -5.67. The molecule has 22 heavy (non-hydrogen) atoms. The van der Waals surface area contributed by atoms with E-state index >= 15 is 0 Å². The number of rotatable bonds is 3. The van der Waals surface area contributed by atoms with Crippen molar-refractivity contribution in [2.75, 3.05) is 5.32 Å². The molecule has 0 aromatic heterocycles. The highest BCUT2D eigenvalue weighted by atomic mass is 16.8. The van der Waals surface area contributed by atoms with E-state index in [-0.39, 0.29) is 11.4 Å². The molecule has 0 amide bonds. The van der Waals surface area contributed by atoms with Gasteiger partial charge in [0.1, 0.15) is 24.0 Å². The molecule has 0 aliphatic carbocycles. The molecule has 2 unspecified atom stereocenters. The highest BCUT2D eigenvalue weighted by Crippen LogP contribution is 2.27. The second-order valence-electron chi connectivity index (χ2n) is 5.67. The lowest BCUT2D eigenvalue weighted by atomic mass is 9.98. The third-order valence-corrected chi connectivity index (χ3v) is 4.01. The van der Waals surface area contributed by atoms with E-state index in [9.17, 15) is 25.7 Å². The van der Waals surface area contributed by atoms with Gasteiger partial charge in [0.15, 0.2) is 11.9 Å². The minimum atomic E-state index is -1.38. The Morgan fingerprint density at radius 1 is 1.09 bits per heavy atom. The molecule has 1 heterocycles. The molecule has 6 N–H and O–H groups in total. The molecule has 124 valence electrons. The Balaban J connectivity index is 2.28. The lowest BCUT2D eigenvalue weighted by Gasteiger charge is -2.40. The zero-order chi connectivity index (χ0) is 16.6. The Bertz CT molecular complexity index is 538. The second kappa shape index (κ2) is 6.47. The number of nitrogens with one attached hydrogen (secondary N) is 2. The maximum Gasteiger partial charge on any atom is 0.187 e. The Morgan fingerprint density at radius 3 is 2.27 bits per heavy atom. The molecule has 1 aliphatic heterocycles. The molecule has 1 aromatic rings. The highest BCUT2D eigenvalue weighted by molar-refractivity contribution is 5.64. The first-order valence-electron chi connectivity index (χ1n) is 7.03. The van der Waals surface area contributed by atoms with Crippen LogP contribution < -0.4 is 10.5 Å². The molecule has 1 saturated heterocycles. The van der Waals surface area contributed by atoms with Crippen LogP contribution in [0.2, 0.25) is 0 Å². The number of benzene rings is 1. The molecule has 2 rings (SSSR count). The van der Waals surface area contributed by atoms with E-state index in [1.54, 1.807) is 19.9 Å². The van der Waals surface area contributed by atoms with Crippen LogP contribution >= 0.6 is 0 Å². The Morgan fingerprint density at radius 2 is 1.68 bits per heavy atom. The molecule has 6 atom stereocenters. The van der Waals surface area contributed by atoms with Crippen molar-refractivity contribution in [1.29, 1.82) is 0 Å². The molecule has 8 heteroatoms. The average Bonchev–Trinajstić information content (AvgIpc) is 2.45. The normalized spacial score (nSPS) is 33.5. The van der Waals surface area contributed by atoms with Crippen LogP contribution in [0.4, 0.5) is 11.4 Å². The molecule has 1 aliphatic rings. The van der Waals surface area contributed by atoms with Crippen LogP contribution in [0, 0.1) is 19.1 Å². The first-order valence-corrected chi connectivity index (χ1v) is 7.03. The van der Waals surface area contributed by atoms with Crippen molar-refractivity contribution in [2.24, 2.45) is 0 Å². The van der Waals surface area contributed by atoms with Gasteiger partial charge in [0.2, 0.25) is 0 Å². The summed E-state index contributed by atoms with van der Waals surface area (Å²) in [5.41, 5.74) is 2.05. The van der Waals surface area contributed by atoms with Crippen molar-refractivity contribution in [3.05, 3.63) is 28.5 Å². The maximum absolute atomic E-state index is 11.4. The summed E-state index contributed by atoms with van der Waals surface area (Å²) in [7, 11) is 0. The van der Waals surface area contributed by atoms with Gasteiger partial charge in [-0.05, 0) is 38.0 Å². The van der Waals surface area contributed by atoms with Crippen LogP contribution in [0.1, 0.15) is 18.1 Å². The minimum absolute atomic E-state index is 0.0483. The van der Waals surface area contributed by atoms with Crippen LogP contribution in [0.25, 0.3) is 0 Å². The number of ether oxygens (including phenoxy) is 1. The summed E-state index contributed by atoms with van der Waals surface area (Å²) >= 11 is 0. The molecule has 0 spiro atoms. The van der Waals surface area contributed by atoms with Gasteiger partial charge in [0.25, 0.3) is 0 Å². The quantitative estimate of drug-likeness (QED) is 0.392. The predicted octanol–water partition coefficient (Wildman–Crippen LogP) is -1.05. The number of aliphatic hydroxyl groups is 3. The topological polar surface area (TPSA) is 130 Å². The Kier molecular flexibility index (Phi) is 5.03. The Hall–Kier alpha value is -1.26. The van der Waals surface area contributed by atoms with E-state index in [1.807, 2.05) is 6.92 Å². The maximum atomic E-state index is 11.4. The fourth-order valence-electron chi connectivity index (χ4n) is 2.44. The third-order valence-electron chi connectivity index (χ3n) is 4.01. The van der Waals surface area contributed by atoms with E-state index in [0.29, 0.717) is 0 Å². The number of quaternary nitrogens is 1. The van der Waals surface area contributed by atoms with Crippen LogP contribution in [-0.4, -0.2) is 51.2 Å². The SMILES string of the molecule is Cc1cc(NC2O[C@@H](C)[C@H](O)[C@@H](O)[C@H]2O)c([NH+]([O-])O)cc1C. The smallest absolute Gasteiger partial charge is 0.187 e. The molecule has 1 aromatic carbocycles. The molecule has 8 nitrogen and oxygen atoms in total. The van der Waals surface area contributed by atoms with Crippen LogP contribution in [0.5, 0.6) is 0 Å². The summed E-state index contributed by atoms with van der Waals surface area (Å²) in [6.45, 7) is 5.21. The van der Waals surface area contributed by atoms with Gasteiger partial charge in [-0.1, -0.05) is 0 Å². The fourth-order valence-corrected chi connectivity index (χ4v) is 2.44. The predicted molar refractivity (Wildman–Crippen MR) is 77.7 cm³/mol. The van der Waals surface area contributed by atoms with Gasteiger partial charge < -0.3 is 30.6 Å². The van der Waals surface area contributed by atoms with Gasteiger partial charge >= 0.3 is 0 Å². The second-order valence-corrected chi connectivity index (χ2v) is 5.67. The van der Waals surface area contributed by atoms with Gasteiger partial charge in [-0.2, -0.15) is 5.23 Å². The van der Waals surface area contributed by atoms with Crippen LogP contribution in [0.3, 0.4) is 0 Å². The number of aryl methyl sites for hydroxylation is 2. The van der Waals surface area contributed by atoms with Crippen LogP contribution in [0.15, 0.2) is 12.1 Å². The summed E-state index contributed by atoms with van der Waals surface area (Å²) in [5.74, 6) is 0. The number of hydrogen-bond donors (Lipinski definition) is 6. The van der Waals surface area contributed by atoms with Gasteiger partial charge in [-0.3, -0.25) is 0 Å². The van der Waals surface area contributed by atoms with Crippen molar-refractivity contribution in [1.82, 2.24) is 0 Å². The fraction of sp³-hybridized carbons (Fsp3) is 0.571. The average molecular weight is 314 g/mol. The van der Waals surface area contributed by atoms with Crippen LogP contribution in [-0.2, 0) is 4.74 Å². The lowest BCUT2D eigenvalue weighted by Crippen LogP contribution is -2.99. The Labute approximate surface area is 128 Å². The first-order chi connectivity index (χ1) is 10.2. The van der Waals surface area contributed by atoms with Gasteiger partial charge in [0, 0.05) is 6.07 Å². The van der Waals surface area contributed by atoms with E-state index in [1.165, 1.54) is 6.07 Å². The van der Waals surface area contributed by atoms with Gasteiger partial charge in [-0.25, -0.2) is 5.21 Å². The zero-order valence-electron chi connectivity index (χ0n) is 12.6. The van der Waals surface area contributed by atoms with Crippen molar-refractivity contribution in [3.63, 3.8) is 0 Å². The minimum Gasteiger partial charge on any atom is -0.595 e. The number of anilines is 1. The number of aliphatic hydroxyl groups excluding tert-OH is 3. The molecular weight excluding hydrogens is 292 g/mol. The van der Waals surface area contributed by atoms with Gasteiger partial charge in [-0.15, -0.1) is 0 Å². The molecule has 1 fully saturated rings. The van der Waals surface area contributed by atoms with E-state index < -0.39 is 35.9 Å². The number of hydrogen-bond acceptors (Lipinski definition) is 7. The molecule has 0 bridgehead atoms. The van der Waals surface area contributed by atoms with Crippen molar-refractivity contribution >= 4 is 11.4 Å². The summed E-state index contributed by atoms with van der Waals surface area (Å²) < 4.78 is 5.43. The first kappa shape index (κ1) is 17.1. The highest BCUT2D eigenvalue weighted by Gasteiger charge is 2.42. The van der Waals surface area contributed by atoms with E-state index in [0.717, 1.165) is 11.1 Å². The molecule has 0 saturated carbocycles. The van der Waals surface area contributed by atoms with Gasteiger partial charge in [0.05, 0.1) is 6.10 Å². The van der Waals surface area contributed by atoms with Crippen molar-refractivity contribution < 1.29 is 30.5 Å². The monoisotopic (exact) mass is 314 g/mol. The summed E-state index contributed by atoms with van der Waals surface area (Å²) in [6, 6.07) is 3.18. The van der Waals surface area contributed by atoms with E-state index in [2.05, 4.69) is 5.32 Å². The van der Waals surface area contributed by atoms with Crippen molar-refractivity contribution in [2.45, 2.75) is 51.4 Å². The third kappa shape index (κ3) is 3.23. The van der Waals surface area contributed by atoms with Crippen molar-refractivity contribution in [3.8, 4) is 0 Å². The molecular formula is C14H22N2O6. The zero-order valence-corrected chi connectivity index (χ0v) is 12.6. The summed E-state index contributed by atoms with van der Waals surface area (Å²) in [5, 5.41) is 51.8. The van der Waals surface area contributed by atoms with E-state index in [4.69, 9.17) is 4.74 Å². The lowest BCUT2D eigenvalue weighted by molar-refractivity contribution is -0.990. The standard InChI is InChI=1S/C14H22N2O6/c1-6-4-9(10(16(20)21)5-7(6)2)15-14-13(19)12(18)11(17)8(3)22-14/h4-5,8,11-20H,1-3H3/t8-,11-,12+,13+,14?/m0/s1. The molecule has 0 radical (unpaired) electrons.